The Bertz CT molecular complexity index is 646. The molecule has 0 aliphatic carbocycles. The smallest absolute Gasteiger partial charge is 0.255 e. The lowest BCUT2D eigenvalue weighted by molar-refractivity contribution is 0.0938. The molecule has 8 heteroatoms. The van der Waals surface area contributed by atoms with E-state index in [1.807, 2.05) is 0 Å². The quantitative estimate of drug-likeness (QED) is 0.826. The van der Waals surface area contributed by atoms with Crippen molar-refractivity contribution in [3.05, 3.63) is 23.8 Å². The number of amides is 1. The minimum atomic E-state index is -3.20. The van der Waals surface area contributed by atoms with Crippen LogP contribution in [-0.2, 0) is 9.84 Å². The van der Waals surface area contributed by atoms with Crippen LogP contribution in [0.15, 0.2) is 18.2 Å². The van der Waals surface area contributed by atoms with Gasteiger partial charge in [-0.25, -0.2) is 8.42 Å². The van der Waals surface area contributed by atoms with E-state index in [1.165, 1.54) is 20.3 Å². The van der Waals surface area contributed by atoms with Crippen LogP contribution in [0.25, 0.3) is 0 Å². The summed E-state index contributed by atoms with van der Waals surface area (Å²) in [5.74, 6) is 0.148. The van der Waals surface area contributed by atoms with Gasteiger partial charge in [0.1, 0.15) is 11.5 Å². The first-order valence-electron chi connectivity index (χ1n) is 6.23. The number of benzene rings is 1. The molecule has 0 saturated carbocycles. The second-order valence-electron chi connectivity index (χ2n) is 4.74. The number of nitrogens with one attached hydrogen (secondary N) is 1. The van der Waals surface area contributed by atoms with Gasteiger partial charge in [-0.05, 0) is 18.2 Å². The predicted octanol–water partition coefficient (Wildman–Crippen LogP) is 0.838. The van der Waals surface area contributed by atoms with Crippen molar-refractivity contribution in [3.63, 3.8) is 0 Å². The van der Waals surface area contributed by atoms with Gasteiger partial charge >= 0.3 is 0 Å². The van der Waals surface area contributed by atoms with Crippen molar-refractivity contribution in [1.82, 2.24) is 5.32 Å². The molecule has 0 radical (unpaired) electrons. The fourth-order valence-electron chi connectivity index (χ4n) is 2.17. The second-order valence-corrected chi connectivity index (χ2v) is 7.45. The first-order valence-corrected chi connectivity index (χ1v) is 8.49. The summed E-state index contributed by atoms with van der Waals surface area (Å²) in [5.41, 5.74) is 0.269. The van der Waals surface area contributed by atoms with E-state index < -0.39 is 27.2 Å². The topological polar surface area (TPSA) is 81.7 Å². The Morgan fingerprint density at radius 1 is 1.29 bits per heavy atom. The highest BCUT2D eigenvalue weighted by atomic mass is 35.5. The number of carbonyl (C=O) groups excluding carboxylic acids is 1. The number of ether oxygens (including phenoxy) is 2. The molecule has 0 spiro atoms. The monoisotopic (exact) mass is 333 g/mol. The summed E-state index contributed by atoms with van der Waals surface area (Å²) in [4.78, 5) is 12.3. The van der Waals surface area contributed by atoms with Gasteiger partial charge < -0.3 is 14.8 Å². The molecule has 1 aromatic carbocycles. The summed E-state index contributed by atoms with van der Waals surface area (Å²) >= 11 is 5.98. The van der Waals surface area contributed by atoms with E-state index in [2.05, 4.69) is 5.32 Å². The number of rotatable bonds is 4. The summed E-state index contributed by atoms with van der Waals surface area (Å²) in [6.45, 7) is 0. The molecule has 1 heterocycles. The minimum absolute atomic E-state index is 0.130. The van der Waals surface area contributed by atoms with Crippen molar-refractivity contribution in [2.45, 2.75) is 11.4 Å². The normalized spacial score (nSPS) is 23.6. The molecule has 1 N–H and O–H groups in total. The highest BCUT2D eigenvalue weighted by molar-refractivity contribution is 7.91. The average Bonchev–Trinajstić information content (AvgIpc) is 2.70. The molecule has 0 bridgehead atoms. The molecule has 6 nitrogen and oxygen atoms in total. The number of alkyl halides is 1. The Kier molecular flexibility index (Phi) is 4.63. The van der Waals surface area contributed by atoms with Crippen LogP contribution in [-0.4, -0.2) is 51.5 Å². The molecular formula is C13H16ClNO5S. The maximum Gasteiger partial charge on any atom is 0.255 e. The summed E-state index contributed by atoms with van der Waals surface area (Å²) in [5, 5.41) is 2.01. The first-order chi connectivity index (χ1) is 9.86. The van der Waals surface area contributed by atoms with Gasteiger partial charge in [-0.2, -0.15) is 0 Å². The van der Waals surface area contributed by atoms with Crippen molar-refractivity contribution >= 4 is 27.3 Å². The maximum atomic E-state index is 12.3. The Hall–Kier alpha value is -1.47. The van der Waals surface area contributed by atoms with E-state index in [1.54, 1.807) is 12.1 Å². The van der Waals surface area contributed by atoms with Crippen molar-refractivity contribution in [2.75, 3.05) is 25.7 Å². The van der Waals surface area contributed by atoms with Crippen LogP contribution < -0.4 is 14.8 Å². The second kappa shape index (κ2) is 6.11. The van der Waals surface area contributed by atoms with Crippen molar-refractivity contribution < 1.29 is 22.7 Å². The van der Waals surface area contributed by atoms with Crippen LogP contribution in [0.1, 0.15) is 10.4 Å². The summed E-state index contributed by atoms with van der Waals surface area (Å²) in [6.07, 6.45) is 0. The average molecular weight is 334 g/mol. The molecule has 2 atom stereocenters. The Labute approximate surface area is 128 Å². The van der Waals surface area contributed by atoms with Gasteiger partial charge in [-0.3, -0.25) is 4.79 Å². The molecule has 2 unspecified atom stereocenters. The largest absolute Gasteiger partial charge is 0.497 e. The van der Waals surface area contributed by atoms with Gasteiger partial charge in [0.05, 0.1) is 42.7 Å². The molecule has 2 rings (SSSR count). The SMILES string of the molecule is COc1ccc(OC)c(C(=O)NC2CS(=O)(=O)CC2Cl)c1. The third-order valence-corrected chi connectivity index (χ3v) is 5.63. The Balaban J connectivity index is 2.21. The van der Waals surface area contributed by atoms with Gasteiger partial charge in [-0.15, -0.1) is 11.6 Å². The molecule has 1 saturated heterocycles. The third-order valence-electron chi connectivity index (χ3n) is 3.25. The fourth-order valence-corrected chi connectivity index (χ4v) is 4.72. The molecule has 21 heavy (non-hydrogen) atoms. The lowest BCUT2D eigenvalue weighted by Gasteiger charge is -2.16. The van der Waals surface area contributed by atoms with Crippen LogP contribution in [0.3, 0.4) is 0 Å². The van der Waals surface area contributed by atoms with Crippen molar-refractivity contribution in [2.24, 2.45) is 0 Å². The predicted molar refractivity (Wildman–Crippen MR) is 79.1 cm³/mol. The molecule has 0 aromatic heterocycles. The number of halogens is 1. The van der Waals surface area contributed by atoms with Gasteiger partial charge in [0.25, 0.3) is 5.91 Å². The number of carbonyl (C=O) groups is 1. The van der Waals surface area contributed by atoms with Crippen LogP contribution in [0.4, 0.5) is 0 Å². The van der Waals surface area contributed by atoms with Crippen LogP contribution >= 0.6 is 11.6 Å². The highest BCUT2D eigenvalue weighted by Gasteiger charge is 2.37. The van der Waals surface area contributed by atoms with E-state index in [0.717, 1.165) is 0 Å². The number of hydrogen-bond donors (Lipinski definition) is 1. The zero-order valence-electron chi connectivity index (χ0n) is 11.6. The summed E-state index contributed by atoms with van der Waals surface area (Å²) in [7, 11) is -0.268. The lowest BCUT2D eigenvalue weighted by atomic mass is 10.1. The van der Waals surface area contributed by atoms with Crippen LogP contribution in [0, 0.1) is 0 Å². The highest BCUT2D eigenvalue weighted by Crippen LogP contribution is 2.25. The first kappa shape index (κ1) is 15.9. The number of methoxy groups -OCH3 is 2. The summed E-state index contributed by atoms with van der Waals surface area (Å²) in [6, 6.07) is 4.19. The number of hydrogen-bond acceptors (Lipinski definition) is 5. The molecule has 116 valence electrons. The van der Waals surface area contributed by atoms with E-state index >= 15 is 0 Å². The number of sulfone groups is 1. The fraction of sp³-hybridized carbons (Fsp3) is 0.462. The molecule has 1 fully saturated rings. The zero-order chi connectivity index (χ0) is 15.6. The molecule has 1 aliphatic rings. The maximum absolute atomic E-state index is 12.3. The van der Waals surface area contributed by atoms with Gasteiger partial charge in [0.2, 0.25) is 0 Å². The van der Waals surface area contributed by atoms with E-state index in [-0.39, 0.29) is 17.1 Å². The van der Waals surface area contributed by atoms with Gasteiger partial charge in [0.15, 0.2) is 9.84 Å². The zero-order valence-corrected chi connectivity index (χ0v) is 13.2. The Morgan fingerprint density at radius 3 is 2.52 bits per heavy atom. The van der Waals surface area contributed by atoms with Gasteiger partial charge in [0, 0.05) is 0 Å². The van der Waals surface area contributed by atoms with E-state index in [9.17, 15) is 13.2 Å². The standard InChI is InChI=1S/C13H16ClNO5S/c1-19-8-3-4-12(20-2)9(5-8)13(16)15-11-7-21(17,18)6-10(11)14/h3-5,10-11H,6-7H2,1-2H3,(H,15,16). The summed E-state index contributed by atoms with van der Waals surface area (Å²) < 4.78 is 33.2. The van der Waals surface area contributed by atoms with Gasteiger partial charge in [-0.1, -0.05) is 0 Å². The minimum Gasteiger partial charge on any atom is -0.497 e. The lowest BCUT2D eigenvalue weighted by Crippen LogP contribution is -2.40. The molecule has 1 aromatic rings. The third kappa shape index (κ3) is 3.59. The van der Waals surface area contributed by atoms with Crippen LogP contribution in [0.2, 0.25) is 0 Å². The molecule has 1 amide bonds. The van der Waals surface area contributed by atoms with Crippen molar-refractivity contribution in [3.8, 4) is 11.5 Å². The molecule has 1 aliphatic heterocycles. The molecular weight excluding hydrogens is 318 g/mol. The van der Waals surface area contributed by atoms with Crippen molar-refractivity contribution in [1.29, 1.82) is 0 Å². The van der Waals surface area contributed by atoms with E-state index in [4.69, 9.17) is 21.1 Å². The van der Waals surface area contributed by atoms with E-state index in [0.29, 0.717) is 11.5 Å². The van der Waals surface area contributed by atoms with Crippen LogP contribution in [0.5, 0.6) is 11.5 Å². The Morgan fingerprint density at radius 2 is 2.00 bits per heavy atom.